The Kier molecular flexibility index (Phi) is 6.47. The SMILES string of the molecule is O=C(O)CC1CN(C(=O)CC2(NC(=O)OCC3c4ccccc4-c4ccccc43)CCOCC2)C1. The van der Waals surface area contributed by atoms with Crippen LogP contribution in [0.4, 0.5) is 4.79 Å². The van der Waals surface area contributed by atoms with Crippen LogP contribution in [0.1, 0.15) is 42.7 Å². The number of likely N-dealkylation sites (tertiary alicyclic amines) is 1. The number of hydrogen-bond acceptors (Lipinski definition) is 5. The fourth-order valence-corrected chi connectivity index (χ4v) is 5.51. The molecule has 35 heavy (non-hydrogen) atoms. The van der Waals surface area contributed by atoms with E-state index in [4.69, 9.17) is 14.6 Å². The largest absolute Gasteiger partial charge is 0.481 e. The maximum Gasteiger partial charge on any atom is 0.407 e. The molecule has 8 nitrogen and oxygen atoms in total. The quantitative estimate of drug-likeness (QED) is 0.632. The minimum atomic E-state index is -0.847. The van der Waals surface area contributed by atoms with E-state index in [2.05, 4.69) is 29.6 Å². The van der Waals surface area contributed by atoms with Crippen molar-refractivity contribution in [1.29, 1.82) is 0 Å². The molecule has 0 aromatic heterocycles. The van der Waals surface area contributed by atoms with E-state index in [1.165, 1.54) is 11.1 Å². The van der Waals surface area contributed by atoms with Gasteiger partial charge in [-0.1, -0.05) is 48.5 Å². The molecule has 1 aliphatic carbocycles. The number of alkyl carbamates (subject to hydrolysis) is 1. The van der Waals surface area contributed by atoms with Crippen LogP contribution < -0.4 is 5.32 Å². The van der Waals surface area contributed by atoms with E-state index in [-0.39, 0.29) is 37.2 Å². The van der Waals surface area contributed by atoms with Crippen LogP contribution in [0.15, 0.2) is 48.5 Å². The summed E-state index contributed by atoms with van der Waals surface area (Å²) >= 11 is 0. The lowest BCUT2D eigenvalue weighted by Gasteiger charge is -2.43. The van der Waals surface area contributed by atoms with Gasteiger partial charge in [0.15, 0.2) is 0 Å². The predicted octanol–water partition coefficient (Wildman–Crippen LogP) is 3.40. The van der Waals surface area contributed by atoms with Crippen molar-refractivity contribution in [3.63, 3.8) is 0 Å². The summed E-state index contributed by atoms with van der Waals surface area (Å²) in [7, 11) is 0. The fourth-order valence-electron chi connectivity index (χ4n) is 5.51. The first-order chi connectivity index (χ1) is 16.9. The molecule has 0 radical (unpaired) electrons. The molecule has 2 amide bonds. The number of nitrogens with zero attached hydrogens (tertiary/aromatic N) is 1. The fraction of sp³-hybridized carbons (Fsp3) is 0.444. The number of fused-ring (bicyclic) bond motifs is 3. The third-order valence-corrected chi connectivity index (χ3v) is 7.42. The Morgan fingerprint density at radius 3 is 2.20 bits per heavy atom. The molecular weight excluding hydrogens is 448 g/mol. The molecular formula is C27H30N2O6. The number of rotatable bonds is 7. The van der Waals surface area contributed by atoms with E-state index in [9.17, 15) is 14.4 Å². The summed E-state index contributed by atoms with van der Waals surface area (Å²) in [4.78, 5) is 38.4. The number of amides is 2. The molecule has 8 heteroatoms. The highest BCUT2D eigenvalue weighted by Gasteiger charge is 2.41. The molecule has 2 N–H and O–H groups in total. The van der Waals surface area contributed by atoms with Crippen LogP contribution in [0.3, 0.4) is 0 Å². The summed E-state index contributed by atoms with van der Waals surface area (Å²) in [6.07, 6.45) is 0.736. The molecule has 2 aliphatic heterocycles. The molecule has 5 rings (SSSR count). The van der Waals surface area contributed by atoms with Crippen LogP contribution in [-0.4, -0.2) is 66.4 Å². The highest BCUT2D eigenvalue weighted by molar-refractivity contribution is 5.81. The number of carboxylic acids is 1. The number of benzene rings is 2. The second-order valence-corrected chi connectivity index (χ2v) is 9.78. The summed E-state index contributed by atoms with van der Waals surface area (Å²) in [6, 6.07) is 16.4. The number of hydrogen-bond donors (Lipinski definition) is 2. The van der Waals surface area contributed by atoms with E-state index in [0.717, 1.165) is 11.1 Å². The molecule has 3 aliphatic rings. The van der Waals surface area contributed by atoms with Crippen molar-refractivity contribution in [3.8, 4) is 11.1 Å². The minimum Gasteiger partial charge on any atom is -0.481 e. The van der Waals surface area contributed by atoms with Crippen LogP contribution in [-0.2, 0) is 19.1 Å². The van der Waals surface area contributed by atoms with Crippen molar-refractivity contribution in [1.82, 2.24) is 10.2 Å². The minimum absolute atomic E-state index is 0.00261. The maximum absolute atomic E-state index is 12.9. The van der Waals surface area contributed by atoms with Gasteiger partial charge in [-0.3, -0.25) is 9.59 Å². The van der Waals surface area contributed by atoms with Gasteiger partial charge in [0, 0.05) is 38.1 Å². The van der Waals surface area contributed by atoms with Gasteiger partial charge in [-0.05, 0) is 35.1 Å². The molecule has 0 spiro atoms. The van der Waals surface area contributed by atoms with Gasteiger partial charge in [0.25, 0.3) is 0 Å². The average Bonchev–Trinajstić information content (AvgIpc) is 3.14. The maximum atomic E-state index is 12.9. The Hall–Kier alpha value is -3.39. The van der Waals surface area contributed by atoms with E-state index in [0.29, 0.717) is 39.1 Å². The van der Waals surface area contributed by atoms with Crippen molar-refractivity contribution in [2.45, 2.75) is 37.1 Å². The number of carbonyl (C=O) groups is 3. The number of ether oxygens (including phenoxy) is 2. The van der Waals surface area contributed by atoms with Crippen molar-refractivity contribution < 1.29 is 29.0 Å². The molecule has 2 fully saturated rings. The van der Waals surface area contributed by atoms with Crippen LogP contribution >= 0.6 is 0 Å². The number of carboxylic acid groups (broad SMARTS) is 1. The standard InChI is InChI=1S/C27H30N2O6/c30-24(29-15-18(16-29)13-25(31)32)14-27(9-11-34-12-10-27)28-26(33)35-17-23-21-7-3-1-5-19(21)20-6-2-4-8-22(20)23/h1-8,18,23H,9-17H2,(H,28,33)(H,31,32). The first kappa shape index (κ1) is 23.4. The molecule has 184 valence electrons. The molecule has 0 bridgehead atoms. The summed E-state index contributed by atoms with van der Waals surface area (Å²) in [5.74, 6) is -0.961. The van der Waals surface area contributed by atoms with Gasteiger partial charge in [0.05, 0.1) is 18.4 Å². The first-order valence-corrected chi connectivity index (χ1v) is 12.1. The van der Waals surface area contributed by atoms with E-state index in [1.54, 1.807) is 4.90 Å². The van der Waals surface area contributed by atoms with Crippen LogP contribution in [0.5, 0.6) is 0 Å². The molecule has 0 saturated carbocycles. The number of carbonyl (C=O) groups excluding carboxylic acids is 2. The molecule has 2 saturated heterocycles. The van der Waals surface area contributed by atoms with Gasteiger partial charge >= 0.3 is 12.1 Å². The van der Waals surface area contributed by atoms with Crippen LogP contribution in [0.25, 0.3) is 11.1 Å². The normalized spacial score (nSPS) is 18.8. The average molecular weight is 479 g/mol. The zero-order valence-electron chi connectivity index (χ0n) is 19.6. The summed E-state index contributed by atoms with van der Waals surface area (Å²) < 4.78 is 11.2. The summed E-state index contributed by atoms with van der Waals surface area (Å²) in [5.41, 5.74) is 3.89. The molecule has 0 atom stereocenters. The molecule has 2 aromatic carbocycles. The highest BCUT2D eigenvalue weighted by Crippen LogP contribution is 2.44. The monoisotopic (exact) mass is 478 g/mol. The van der Waals surface area contributed by atoms with Crippen molar-refractivity contribution in [2.75, 3.05) is 32.9 Å². The van der Waals surface area contributed by atoms with Crippen molar-refractivity contribution in [2.24, 2.45) is 5.92 Å². The van der Waals surface area contributed by atoms with E-state index < -0.39 is 17.6 Å². The summed E-state index contributed by atoms with van der Waals surface area (Å²) in [5, 5.41) is 11.9. The molecule has 0 unspecified atom stereocenters. The first-order valence-electron chi connectivity index (χ1n) is 12.1. The lowest BCUT2D eigenvalue weighted by molar-refractivity contribution is -0.146. The van der Waals surface area contributed by atoms with Crippen LogP contribution in [0, 0.1) is 5.92 Å². The third-order valence-electron chi connectivity index (χ3n) is 7.42. The Labute approximate surface area is 204 Å². The molecule has 2 aromatic rings. The second-order valence-electron chi connectivity index (χ2n) is 9.78. The molecule has 2 heterocycles. The van der Waals surface area contributed by atoms with Gasteiger partial charge in [-0.2, -0.15) is 0 Å². The van der Waals surface area contributed by atoms with E-state index in [1.807, 2.05) is 24.3 Å². The Morgan fingerprint density at radius 1 is 1.00 bits per heavy atom. The van der Waals surface area contributed by atoms with Gasteiger partial charge in [0.2, 0.25) is 5.91 Å². The lowest BCUT2D eigenvalue weighted by atomic mass is 9.85. The Bertz CT molecular complexity index is 1070. The lowest BCUT2D eigenvalue weighted by Crippen LogP contribution is -2.58. The predicted molar refractivity (Wildman–Crippen MR) is 128 cm³/mol. The summed E-state index contributed by atoms with van der Waals surface area (Å²) in [6.45, 7) is 2.02. The van der Waals surface area contributed by atoms with Crippen molar-refractivity contribution in [3.05, 3.63) is 59.7 Å². The number of aliphatic carboxylic acids is 1. The second kappa shape index (κ2) is 9.70. The van der Waals surface area contributed by atoms with Gasteiger partial charge in [-0.15, -0.1) is 0 Å². The van der Waals surface area contributed by atoms with Gasteiger partial charge in [-0.25, -0.2) is 4.79 Å². The van der Waals surface area contributed by atoms with Crippen molar-refractivity contribution >= 4 is 18.0 Å². The zero-order chi connectivity index (χ0) is 24.4. The Balaban J connectivity index is 1.21. The van der Waals surface area contributed by atoms with Gasteiger partial charge in [0.1, 0.15) is 6.61 Å². The third kappa shape index (κ3) is 4.89. The topological polar surface area (TPSA) is 105 Å². The van der Waals surface area contributed by atoms with Gasteiger partial charge < -0.3 is 24.8 Å². The van der Waals surface area contributed by atoms with E-state index >= 15 is 0 Å². The number of nitrogens with one attached hydrogen (secondary N) is 1. The highest BCUT2D eigenvalue weighted by atomic mass is 16.5. The zero-order valence-corrected chi connectivity index (χ0v) is 19.6. The smallest absolute Gasteiger partial charge is 0.407 e. The van der Waals surface area contributed by atoms with Crippen LogP contribution in [0.2, 0.25) is 0 Å². The Morgan fingerprint density at radius 2 is 1.60 bits per heavy atom.